The molecule has 0 amide bonds. The molecule has 0 bridgehead atoms. The first-order chi connectivity index (χ1) is 8.28. The lowest BCUT2D eigenvalue weighted by Crippen LogP contribution is -2.44. The Balaban J connectivity index is 1.67. The Hall–Kier alpha value is -0.0800. The van der Waals surface area contributed by atoms with Crippen molar-refractivity contribution in [2.45, 2.75) is 83.4 Å². The molecule has 0 aromatic carbocycles. The largest absolute Gasteiger partial charge is 0.378 e. The molecule has 0 radical (unpaired) electrons. The predicted molar refractivity (Wildman–Crippen MR) is 72.2 cm³/mol. The van der Waals surface area contributed by atoms with Gasteiger partial charge in [-0.25, -0.2) is 0 Å². The molecule has 2 heteroatoms. The molecule has 2 nitrogen and oxygen atoms in total. The average Bonchev–Trinajstić information content (AvgIpc) is 2.32. The number of hydrogen-bond donors (Lipinski definition) is 1. The number of nitrogens with one attached hydrogen (secondary N) is 1. The summed E-state index contributed by atoms with van der Waals surface area (Å²) < 4.78 is 5.61. The fraction of sp³-hybridized carbons (Fsp3) is 1.00. The summed E-state index contributed by atoms with van der Waals surface area (Å²) in [6.45, 7) is 5.46. The summed E-state index contributed by atoms with van der Waals surface area (Å²) in [6, 6.07) is 1.50. The fourth-order valence-corrected chi connectivity index (χ4v) is 3.51. The minimum atomic E-state index is 0.456. The van der Waals surface area contributed by atoms with Crippen LogP contribution in [-0.2, 0) is 4.74 Å². The highest BCUT2D eigenvalue weighted by Gasteiger charge is 2.25. The highest BCUT2D eigenvalue weighted by molar-refractivity contribution is 4.82. The molecule has 100 valence electrons. The Morgan fingerprint density at radius 1 is 1.06 bits per heavy atom. The van der Waals surface area contributed by atoms with Crippen molar-refractivity contribution >= 4 is 0 Å². The molecule has 0 spiro atoms. The van der Waals surface area contributed by atoms with Gasteiger partial charge >= 0.3 is 0 Å². The second-order valence-corrected chi connectivity index (χ2v) is 6.08. The predicted octanol–water partition coefficient (Wildman–Crippen LogP) is 3.50. The van der Waals surface area contributed by atoms with Gasteiger partial charge in [0.15, 0.2) is 0 Å². The van der Waals surface area contributed by atoms with Gasteiger partial charge < -0.3 is 10.1 Å². The third-order valence-electron chi connectivity index (χ3n) is 4.50. The first-order valence-electron chi connectivity index (χ1n) is 7.65. The summed E-state index contributed by atoms with van der Waals surface area (Å²) in [5.41, 5.74) is 0. The first-order valence-corrected chi connectivity index (χ1v) is 7.65. The van der Waals surface area contributed by atoms with E-state index in [9.17, 15) is 0 Å². The van der Waals surface area contributed by atoms with Gasteiger partial charge in [0.05, 0.1) is 6.10 Å². The molecule has 2 atom stereocenters. The van der Waals surface area contributed by atoms with Crippen LogP contribution < -0.4 is 5.32 Å². The van der Waals surface area contributed by atoms with E-state index in [4.69, 9.17) is 4.74 Å². The minimum absolute atomic E-state index is 0.456. The lowest BCUT2D eigenvalue weighted by Gasteiger charge is -2.35. The molecule has 0 aromatic heterocycles. The van der Waals surface area contributed by atoms with Crippen LogP contribution in [0.25, 0.3) is 0 Å². The molecule has 1 saturated heterocycles. The molecule has 1 heterocycles. The summed E-state index contributed by atoms with van der Waals surface area (Å²) in [5.74, 6) is 1.02. The van der Waals surface area contributed by atoms with E-state index in [0.717, 1.165) is 18.6 Å². The van der Waals surface area contributed by atoms with E-state index >= 15 is 0 Å². The van der Waals surface area contributed by atoms with Gasteiger partial charge in [0.25, 0.3) is 0 Å². The van der Waals surface area contributed by atoms with Gasteiger partial charge in [-0.3, -0.25) is 0 Å². The summed E-state index contributed by atoms with van der Waals surface area (Å²) >= 11 is 0. The number of hydrogen-bond acceptors (Lipinski definition) is 2. The van der Waals surface area contributed by atoms with Crippen LogP contribution in [0.4, 0.5) is 0 Å². The molecule has 1 N–H and O–H groups in total. The van der Waals surface area contributed by atoms with Gasteiger partial charge in [-0.05, 0) is 51.4 Å². The molecule has 2 fully saturated rings. The Bertz CT molecular complexity index is 211. The first kappa shape index (κ1) is 13.4. The van der Waals surface area contributed by atoms with Gasteiger partial charge in [0.2, 0.25) is 0 Å². The van der Waals surface area contributed by atoms with E-state index < -0.39 is 0 Å². The second-order valence-electron chi connectivity index (χ2n) is 6.08. The molecule has 1 aliphatic carbocycles. The zero-order chi connectivity index (χ0) is 12.1. The molecule has 2 rings (SSSR count). The number of ether oxygens (including phenoxy) is 1. The van der Waals surface area contributed by atoms with Crippen molar-refractivity contribution in [3.63, 3.8) is 0 Å². The zero-order valence-electron chi connectivity index (χ0n) is 11.6. The highest BCUT2D eigenvalue weighted by Crippen LogP contribution is 2.28. The fourth-order valence-electron chi connectivity index (χ4n) is 3.51. The van der Waals surface area contributed by atoms with Gasteiger partial charge in [0.1, 0.15) is 0 Å². The topological polar surface area (TPSA) is 21.3 Å². The quantitative estimate of drug-likeness (QED) is 0.810. The zero-order valence-corrected chi connectivity index (χ0v) is 11.6. The van der Waals surface area contributed by atoms with Crippen molar-refractivity contribution in [1.29, 1.82) is 0 Å². The SMILES string of the molecule is CCCC1CCC(NC2CCOC(C)C2)CC1. The third-order valence-corrected chi connectivity index (χ3v) is 4.50. The van der Waals surface area contributed by atoms with Crippen molar-refractivity contribution in [2.75, 3.05) is 6.61 Å². The van der Waals surface area contributed by atoms with Crippen LogP contribution in [0.5, 0.6) is 0 Å². The van der Waals surface area contributed by atoms with Crippen LogP contribution in [0, 0.1) is 5.92 Å². The summed E-state index contributed by atoms with van der Waals surface area (Å²) in [7, 11) is 0. The lowest BCUT2D eigenvalue weighted by molar-refractivity contribution is 0.00990. The van der Waals surface area contributed by atoms with Crippen molar-refractivity contribution in [1.82, 2.24) is 5.32 Å². The maximum Gasteiger partial charge on any atom is 0.0561 e. The molecule has 2 aliphatic rings. The van der Waals surface area contributed by atoms with E-state index in [2.05, 4.69) is 19.2 Å². The molecule has 2 unspecified atom stereocenters. The van der Waals surface area contributed by atoms with Crippen molar-refractivity contribution in [3.05, 3.63) is 0 Å². The lowest BCUT2D eigenvalue weighted by atomic mass is 9.83. The van der Waals surface area contributed by atoms with Crippen LogP contribution >= 0.6 is 0 Å². The minimum Gasteiger partial charge on any atom is -0.378 e. The van der Waals surface area contributed by atoms with Crippen LogP contribution in [-0.4, -0.2) is 24.8 Å². The van der Waals surface area contributed by atoms with E-state index in [1.807, 2.05) is 0 Å². The van der Waals surface area contributed by atoms with Crippen molar-refractivity contribution in [3.8, 4) is 0 Å². The molecule has 17 heavy (non-hydrogen) atoms. The number of rotatable bonds is 4. The monoisotopic (exact) mass is 239 g/mol. The van der Waals surface area contributed by atoms with Gasteiger partial charge in [-0.15, -0.1) is 0 Å². The van der Waals surface area contributed by atoms with Gasteiger partial charge in [0, 0.05) is 18.7 Å². The smallest absolute Gasteiger partial charge is 0.0561 e. The normalized spacial score (nSPS) is 39.2. The molecule has 0 aromatic rings. The van der Waals surface area contributed by atoms with E-state index in [1.165, 1.54) is 51.4 Å². The highest BCUT2D eigenvalue weighted by atomic mass is 16.5. The van der Waals surface area contributed by atoms with E-state index in [-0.39, 0.29) is 0 Å². The van der Waals surface area contributed by atoms with Gasteiger partial charge in [-0.1, -0.05) is 19.8 Å². The molecular formula is C15H29NO. The van der Waals surface area contributed by atoms with E-state index in [1.54, 1.807) is 0 Å². The maximum atomic E-state index is 5.61. The van der Waals surface area contributed by atoms with Crippen LogP contribution in [0.3, 0.4) is 0 Å². The molecule has 1 aliphatic heterocycles. The summed E-state index contributed by atoms with van der Waals surface area (Å²) in [4.78, 5) is 0. The average molecular weight is 239 g/mol. The Kier molecular flexibility index (Phi) is 5.30. The second kappa shape index (κ2) is 6.75. The Labute approximate surface area is 107 Å². The van der Waals surface area contributed by atoms with Gasteiger partial charge in [-0.2, -0.15) is 0 Å². The van der Waals surface area contributed by atoms with Crippen LogP contribution in [0.1, 0.15) is 65.2 Å². The van der Waals surface area contributed by atoms with E-state index in [0.29, 0.717) is 12.1 Å². The summed E-state index contributed by atoms with van der Waals surface area (Å²) in [6.07, 6.45) is 11.4. The maximum absolute atomic E-state index is 5.61. The summed E-state index contributed by atoms with van der Waals surface area (Å²) in [5, 5.41) is 3.87. The standard InChI is InChI=1S/C15H29NO/c1-3-4-13-5-7-14(8-6-13)16-15-9-10-17-12(2)11-15/h12-16H,3-11H2,1-2H3. The molecule has 1 saturated carbocycles. The van der Waals surface area contributed by atoms with Crippen LogP contribution in [0.15, 0.2) is 0 Å². The third kappa shape index (κ3) is 4.26. The van der Waals surface area contributed by atoms with Crippen molar-refractivity contribution in [2.24, 2.45) is 5.92 Å². The van der Waals surface area contributed by atoms with Crippen LogP contribution in [0.2, 0.25) is 0 Å². The Morgan fingerprint density at radius 3 is 2.47 bits per heavy atom. The molecular weight excluding hydrogens is 210 g/mol. The Morgan fingerprint density at radius 2 is 1.82 bits per heavy atom. The van der Waals surface area contributed by atoms with Crippen molar-refractivity contribution < 1.29 is 4.74 Å².